The lowest BCUT2D eigenvalue weighted by molar-refractivity contribution is -0.136. The molecule has 0 saturated carbocycles. The maximum absolute atomic E-state index is 11.1. The van der Waals surface area contributed by atoms with E-state index in [-0.39, 0.29) is 24.7 Å². The van der Waals surface area contributed by atoms with Crippen molar-refractivity contribution in [1.29, 1.82) is 0 Å². The number of hydrogen-bond donors (Lipinski definition) is 1. The first-order valence-electron chi connectivity index (χ1n) is 14.2. The molecule has 44 heavy (non-hydrogen) atoms. The summed E-state index contributed by atoms with van der Waals surface area (Å²) in [7, 11) is 0. The lowest BCUT2D eigenvalue weighted by Gasteiger charge is -2.28. The molecule has 0 fully saturated rings. The Morgan fingerprint density at radius 3 is 2.34 bits per heavy atom. The molecule has 1 unspecified atom stereocenters. The lowest BCUT2D eigenvalue weighted by Crippen LogP contribution is -2.30. The predicted molar refractivity (Wildman–Crippen MR) is 188 cm³/mol. The van der Waals surface area contributed by atoms with Crippen LogP contribution in [0.5, 0.6) is 17.2 Å². The van der Waals surface area contributed by atoms with Gasteiger partial charge in [0, 0.05) is 11.4 Å². The highest BCUT2D eigenvalue weighted by molar-refractivity contribution is 14.1. The summed E-state index contributed by atoms with van der Waals surface area (Å²) in [5.74, 6) is 1.29. The highest BCUT2D eigenvalue weighted by atomic mass is 127. The van der Waals surface area contributed by atoms with Crippen LogP contribution >= 0.6 is 56.8 Å². The third kappa shape index (κ3) is 9.54. The Morgan fingerprint density at radius 2 is 1.70 bits per heavy atom. The fourth-order valence-corrected chi connectivity index (χ4v) is 6.77. The molecule has 0 aliphatic carbocycles. The monoisotopic (exact) mass is 843 g/mol. The number of aromatic nitrogens is 3. The third-order valence-electron chi connectivity index (χ3n) is 7.04. The Balaban J connectivity index is 1.36. The summed E-state index contributed by atoms with van der Waals surface area (Å²) >= 11 is 10.5. The highest BCUT2D eigenvalue weighted by Gasteiger charge is 2.23. The third-order valence-corrected chi connectivity index (χ3v) is 8.90. The predicted octanol–water partition coefficient (Wildman–Crippen LogP) is 8.74. The van der Waals surface area contributed by atoms with E-state index in [9.17, 15) is 4.79 Å². The molecule has 0 amide bonds. The van der Waals surface area contributed by atoms with Crippen molar-refractivity contribution < 1.29 is 24.1 Å². The molecule has 1 atom stereocenters. The molecule has 3 aromatic carbocycles. The molecule has 8 nitrogen and oxygen atoms in total. The zero-order valence-corrected chi connectivity index (χ0v) is 30.4. The van der Waals surface area contributed by atoms with Gasteiger partial charge in [0.2, 0.25) is 0 Å². The summed E-state index contributed by atoms with van der Waals surface area (Å²) in [5.41, 5.74) is 4.11. The number of aliphatic carboxylic acids is 1. The smallest absolute Gasteiger partial charge is 0.307 e. The summed E-state index contributed by atoms with van der Waals surface area (Å²) in [4.78, 5) is 11.1. The van der Waals surface area contributed by atoms with Crippen molar-refractivity contribution in [2.45, 2.75) is 72.1 Å². The van der Waals surface area contributed by atoms with Gasteiger partial charge in [0.15, 0.2) is 0 Å². The zero-order valence-electron chi connectivity index (χ0n) is 25.4. The average molecular weight is 844 g/mol. The second-order valence-corrected chi connectivity index (χ2v) is 14.1. The van der Waals surface area contributed by atoms with Crippen LogP contribution in [0.1, 0.15) is 61.2 Å². The van der Waals surface area contributed by atoms with Crippen LogP contribution in [-0.2, 0) is 29.0 Å². The highest BCUT2D eigenvalue weighted by Crippen LogP contribution is 2.36. The molecule has 0 bridgehead atoms. The molecule has 4 rings (SSSR count). The van der Waals surface area contributed by atoms with Crippen molar-refractivity contribution in [3.8, 4) is 17.2 Å². The van der Waals surface area contributed by atoms with Crippen molar-refractivity contribution in [2.75, 3.05) is 6.61 Å². The van der Waals surface area contributed by atoms with Crippen molar-refractivity contribution in [1.82, 2.24) is 15.0 Å². The summed E-state index contributed by atoms with van der Waals surface area (Å²) in [6, 6.07) is 15.5. The molecule has 234 valence electrons. The average Bonchev–Trinajstić information content (AvgIpc) is 3.40. The van der Waals surface area contributed by atoms with Gasteiger partial charge < -0.3 is 19.3 Å². The standard InChI is InChI=1S/C33H36ClI2N3O5/c1-6-26(19-43-33(4,5)16-22-7-9-24(34)10-8-22)39-17-25(37-38-39)18-42-31-21(3)12-27(15-29(31)36)44-32-20(2)11-23(13-28(32)35)14-30(40)41/h7-13,15,17,26H,6,14,16,18-19H2,1-5H3,(H,40,41). The van der Waals surface area contributed by atoms with E-state index in [1.54, 1.807) is 0 Å². The molecule has 1 aromatic heterocycles. The van der Waals surface area contributed by atoms with E-state index in [1.165, 1.54) is 5.56 Å². The summed E-state index contributed by atoms with van der Waals surface area (Å²) < 4.78 is 22.4. The van der Waals surface area contributed by atoms with Crippen LogP contribution in [0.3, 0.4) is 0 Å². The van der Waals surface area contributed by atoms with Gasteiger partial charge in [-0.25, -0.2) is 4.68 Å². The molecular formula is C33H36ClI2N3O5. The molecule has 0 aliphatic heterocycles. The van der Waals surface area contributed by atoms with Gasteiger partial charge in [0.1, 0.15) is 29.5 Å². The second kappa shape index (κ2) is 15.2. The number of halogens is 3. The van der Waals surface area contributed by atoms with Crippen LogP contribution in [0, 0.1) is 21.0 Å². The number of hydrogen-bond acceptors (Lipinski definition) is 6. The minimum Gasteiger partial charge on any atom is -0.486 e. The van der Waals surface area contributed by atoms with E-state index in [4.69, 9.17) is 30.9 Å². The van der Waals surface area contributed by atoms with E-state index < -0.39 is 5.97 Å². The minimum absolute atomic E-state index is 0.0237. The maximum Gasteiger partial charge on any atom is 0.307 e. The number of carboxylic acid groups (broad SMARTS) is 1. The van der Waals surface area contributed by atoms with Gasteiger partial charge in [-0.05, 0) is 132 Å². The number of carbonyl (C=O) groups is 1. The van der Waals surface area contributed by atoms with Crippen molar-refractivity contribution >= 4 is 62.8 Å². The van der Waals surface area contributed by atoms with Gasteiger partial charge in [0.05, 0.1) is 38.0 Å². The Hall–Kier alpha value is -2.42. The molecule has 0 radical (unpaired) electrons. The van der Waals surface area contributed by atoms with Crippen molar-refractivity contribution in [3.05, 3.63) is 94.8 Å². The van der Waals surface area contributed by atoms with Crippen LogP contribution in [0.4, 0.5) is 0 Å². The van der Waals surface area contributed by atoms with Crippen LogP contribution in [0.25, 0.3) is 0 Å². The van der Waals surface area contributed by atoms with Gasteiger partial charge in [-0.1, -0.05) is 41.9 Å². The first kappa shape index (κ1) is 34.5. The van der Waals surface area contributed by atoms with Crippen molar-refractivity contribution in [2.24, 2.45) is 0 Å². The second-order valence-electron chi connectivity index (χ2n) is 11.4. The van der Waals surface area contributed by atoms with Gasteiger partial charge in [-0.15, -0.1) is 5.10 Å². The minimum atomic E-state index is -0.860. The lowest BCUT2D eigenvalue weighted by atomic mass is 9.98. The van der Waals surface area contributed by atoms with Crippen LogP contribution in [-0.4, -0.2) is 38.3 Å². The van der Waals surface area contributed by atoms with E-state index in [1.807, 2.05) is 73.3 Å². The first-order valence-corrected chi connectivity index (χ1v) is 16.8. The Labute approximate surface area is 290 Å². The molecule has 0 aliphatic rings. The fraction of sp³-hybridized carbons (Fsp3) is 0.364. The summed E-state index contributed by atoms with van der Waals surface area (Å²) in [5, 5.41) is 18.6. The molecule has 4 aromatic rings. The molecule has 1 N–H and O–H groups in total. The van der Waals surface area contributed by atoms with Crippen molar-refractivity contribution in [3.63, 3.8) is 0 Å². The SMILES string of the molecule is CCC(COC(C)(C)Cc1ccc(Cl)cc1)n1cc(COc2c(C)cc(Oc3c(C)cc(CC(=O)O)cc3I)cc2I)nn1. The number of benzene rings is 3. The van der Waals surface area contributed by atoms with Gasteiger partial charge >= 0.3 is 5.97 Å². The fourth-order valence-electron chi connectivity index (χ4n) is 4.82. The van der Waals surface area contributed by atoms with Gasteiger partial charge in [-0.3, -0.25) is 4.79 Å². The number of carboxylic acids is 1. The van der Waals surface area contributed by atoms with Crippen LogP contribution in [0.15, 0.2) is 54.7 Å². The molecule has 0 saturated heterocycles. The van der Waals surface area contributed by atoms with Crippen LogP contribution in [0.2, 0.25) is 5.02 Å². The van der Waals surface area contributed by atoms with Gasteiger partial charge in [-0.2, -0.15) is 0 Å². The first-order chi connectivity index (χ1) is 20.8. The number of nitrogens with zero attached hydrogens (tertiary/aromatic N) is 3. The Morgan fingerprint density at radius 1 is 1.02 bits per heavy atom. The number of rotatable bonds is 14. The van der Waals surface area contributed by atoms with E-state index in [0.29, 0.717) is 18.1 Å². The zero-order chi connectivity index (χ0) is 32.0. The molecule has 1 heterocycles. The Kier molecular flexibility index (Phi) is 11.9. The normalized spacial score (nSPS) is 12.3. The topological polar surface area (TPSA) is 95.7 Å². The quantitative estimate of drug-likeness (QED) is 0.127. The molecular weight excluding hydrogens is 808 g/mol. The van der Waals surface area contributed by atoms with Gasteiger partial charge in [0.25, 0.3) is 0 Å². The Bertz CT molecular complexity index is 1560. The largest absolute Gasteiger partial charge is 0.486 e. The number of ether oxygens (including phenoxy) is 3. The van der Waals surface area contributed by atoms with E-state index >= 15 is 0 Å². The number of aryl methyl sites for hydroxylation is 2. The van der Waals surface area contributed by atoms with E-state index in [0.717, 1.165) is 53.1 Å². The molecule has 0 spiro atoms. The summed E-state index contributed by atoms with van der Waals surface area (Å²) in [6.45, 7) is 11.0. The maximum atomic E-state index is 11.1. The molecule has 11 heteroatoms. The van der Waals surface area contributed by atoms with E-state index in [2.05, 4.69) is 76.3 Å². The van der Waals surface area contributed by atoms with Crippen LogP contribution < -0.4 is 9.47 Å². The summed E-state index contributed by atoms with van der Waals surface area (Å²) in [6.07, 6.45) is 3.52.